The molecule has 3 aromatic rings. The second kappa shape index (κ2) is 7.74. The van der Waals surface area contributed by atoms with Gasteiger partial charge in [0.15, 0.2) is 22.9 Å². The lowest BCUT2D eigenvalue weighted by Gasteiger charge is -2.28. The van der Waals surface area contributed by atoms with E-state index in [1.54, 1.807) is 18.2 Å². The number of phenolic OH excluding ortho intramolecular Hbond substituents is 2. The molecule has 0 saturated carbocycles. The molecule has 0 amide bonds. The van der Waals surface area contributed by atoms with Gasteiger partial charge < -0.3 is 24.5 Å². The number of aliphatic hydroxyl groups is 1. The van der Waals surface area contributed by atoms with Crippen LogP contribution in [-0.2, 0) is 15.0 Å². The summed E-state index contributed by atoms with van der Waals surface area (Å²) < 4.78 is 11.4. The van der Waals surface area contributed by atoms with Gasteiger partial charge in [0.25, 0.3) is 5.22 Å². The van der Waals surface area contributed by atoms with Crippen LogP contribution < -0.4 is 4.74 Å². The largest absolute Gasteiger partial charge is 0.507 e. The summed E-state index contributed by atoms with van der Waals surface area (Å²) in [6.45, 7) is 3.97. The zero-order valence-corrected chi connectivity index (χ0v) is 19.6. The maximum absolute atomic E-state index is 13.3. The number of Topliss-reactive ketones (excluding diaryl/α,β-unsaturated/α-hetero) is 3. The Balaban J connectivity index is 1.57. The van der Waals surface area contributed by atoms with E-state index in [4.69, 9.17) is 9.15 Å². The van der Waals surface area contributed by atoms with Crippen LogP contribution in [0.3, 0.4) is 0 Å². The predicted octanol–water partition coefficient (Wildman–Crippen LogP) is 4.04. The number of carbonyl (C=O) groups excluding carboxylic acids is 3. The molecule has 0 bridgehead atoms. The highest BCUT2D eigenvalue weighted by Crippen LogP contribution is 2.57. The minimum absolute atomic E-state index is 0.0269. The number of fused-ring (bicyclic) bond motifs is 4. The lowest BCUT2D eigenvalue weighted by Crippen LogP contribution is -2.38. The first-order chi connectivity index (χ1) is 16.6. The van der Waals surface area contributed by atoms with E-state index in [9.17, 15) is 29.7 Å². The third kappa shape index (κ3) is 3.17. The number of carbonyl (C=O) groups is 3. The summed E-state index contributed by atoms with van der Waals surface area (Å²) in [6.07, 6.45) is 1.12. The highest BCUT2D eigenvalue weighted by Gasteiger charge is 2.55. The van der Waals surface area contributed by atoms with Crippen LogP contribution in [0, 0.1) is 6.92 Å². The maximum atomic E-state index is 13.3. The summed E-state index contributed by atoms with van der Waals surface area (Å²) in [5, 5.41) is 32.2. The van der Waals surface area contributed by atoms with E-state index < -0.39 is 45.6 Å². The third-order valence-corrected chi connectivity index (χ3v) is 7.11. The molecule has 2 aromatic carbocycles. The Kier molecular flexibility index (Phi) is 5.03. The van der Waals surface area contributed by atoms with Gasteiger partial charge in [0.05, 0.1) is 11.3 Å². The maximum Gasteiger partial charge on any atom is 0.257 e. The zero-order valence-electron chi connectivity index (χ0n) is 18.8. The molecule has 0 radical (unpaired) electrons. The number of nitrogens with zero attached hydrogens (tertiary/aromatic N) is 1. The summed E-state index contributed by atoms with van der Waals surface area (Å²) in [4.78, 5) is 43.0. The van der Waals surface area contributed by atoms with Crippen molar-refractivity contribution in [3.8, 4) is 17.2 Å². The molecule has 0 saturated heterocycles. The standard InChI is InChI=1S/C25H19NO8S/c1-10-20(30)18(14(29)9-35-24-26-12-6-4-5-7-15(12)33-24)22-19(21(10)31)25(3)16(34-22)8-13(28)17(11(2)27)23(25)32/h4-8,28,30-31H,9H2,1-3H3/t25-/m0/s1. The van der Waals surface area contributed by atoms with E-state index in [1.807, 2.05) is 6.07 Å². The molecule has 0 spiro atoms. The SMILES string of the molecule is CC(=O)C1=C(O)C=C2Oc3c(C(=O)CSc4nc5ccccc5o4)c(O)c(C)c(O)c3[C@@]2(C)C1=O. The second-order valence-corrected chi connectivity index (χ2v) is 9.37. The Hall–Kier alpha value is -4.05. The summed E-state index contributed by atoms with van der Waals surface area (Å²) >= 11 is 1.01. The molecule has 10 heteroatoms. The number of allylic oxidation sites excluding steroid dienone is 3. The summed E-state index contributed by atoms with van der Waals surface area (Å²) in [5.41, 5.74) is -1.22. The molecule has 1 aromatic heterocycles. The average Bonchev–Trinajstić information content (AvgIpc) is 3.35. The third-order valence-electron chi connectivity index (χ3n) is 6.28. The number of ketones is 3. The second-order valence-electron chi connectivity index (χ2n) is 8.44. The van der Waals surface area contributed by atoms with Gasteiger partial charge in [-0.05, 0) is 32.9 Å². The number of thioether (sulfide) groups is 1. The highest BCUT2D eigenvalue weighted by molar-refractivity contribution is 7.99. The molecular formula is C25H19NO8S. The van der Waals surface area contributed by atoms with E-state index in [1.165, 1.54) is 13.8 Å². The fourth-order valence-corrected chi connectivity index (χ4v) is 5.11. The fraction of sp³-hybridized carbons (Fsp3) is 0.200. The van der Waals surface area contributed by atoms with Gasteiger partial charge in [0.1, 0.15) is 50.8 Å². The molecule has 9 nitrogen and oxygen atoms in total. The van der Waals surface area contributed by atoms with Crippen LogP contribution >= 0.6 is 11.8 Å². The Bertz CT molecular complexity index is 1510. The first-order valence-electron chi connectivity index (χ1n) is 10.5. The van der Waals surface area contributed by atoms with Crippen LogP contribution in [0.2, 0.25) is 0 Å². The number of aromatic hydroxyl groups is 2. The number of phenols is 2. The van der Waals surface area contributed by atoms with Crippen molar-refractivity contribution in [1.29, 1.82) is 0 Å². The van der Waals surface area contributed by atoms with Crippen LogP contribution in [0.15, 0.2) is 57.1 Å². The molecule has 3 N–H and O–H groups in total. The van der Waals surface area contributed by atoms with Gasteiger partial charge in [-0.2, -0.15) is 0 Å². The van der Waals surface area contributed by atoms with Crippen molar-refractivity contribution in [3.05, 3.63) is 64.1 Å². The molecule has 1 aliphatic carbocycles. The van der Waals surface area contributed by atoms with Crippen molar-refractivity contribution in [2.75, 3.05) is 5.75 Å². The summed E-state index contributed by atoms with van der Waals surface area (Å²) in [6, 6.07) is 7.12. The number of para-hydroxylation sites is 2. The molecule has 1 atom stereocenters. The molecule has 35 heavy (non-hydrogen) atoms. The predicted molar refractivity (Wildman–Crippen MR) is 125 cm³/mol. The number of hydrogen-bond donors (Lipinski definition) is 3. The van der Waals surface area contributed by atoms with Gasteiger partial charge >= 0.3 is 0 Å². The van der Waals surface area contributed by atoms with Crippen molar-refractivity contribution in [1.82, 2.24) is 4.98 Å². The number of aromatic nitrogens is 1. The van der Waals surface area contributed by atoms with Crippen LogP contribution in [0.1, 0.15) is 35.3 Å². The zero-order chi connectivity index (χ0) is 25.2. The minimum atomic E-state index is -1.67. The molecule has 2 heterocycles. The minimum Gasteiger partial charge on any atom is -0.507 e. The lowest BCUT2D eigenvalue weighted by atomic mass is 9.71. The Labute approximate surface area is 202 Å². The van der Waals surface area contributed by atoms with Crippen molar-refractivity contribution >= 4 is 40.2 Å². The molecule has 2 aliphatic rings. The first-order valence-corrected chi connectivity index (χ1v) is 11.5. The van der Waals surface area contributed by atoms with E-state index in [2.05, 4.69) is 4.98 Å². The van der Waals surface area contributed by atoms with Crippen LogP contribution in [0.5, 0.6) is 17.2 Å². The number of hydrogen-bond acceptors (Lipinski definition) is 10. The van der Waals surface area contributed by atoms with Crippen molar-refractivity contribution in [3.63, 3.8) is 0 Å². The van der Waals surface area contributed by atoms with Crippen LogP contribution in [0.25, 0.3) is 11.1 Å². The average molecular weight is 493 g/mol. The quantitative estimate of drug-likeness (QED) is 0.270. The van der Waals surface area contributed by atoms with Gasteiger partial charge in [-0.1, -0.05) is 23.9 Å². The number of rotatable bonds is 5. The monoisotopic (exact) mass is 493 g/mol. The van der Waals surface area contributed by atoms with E-state index >= 15 is 0 Å². The summed E-state index contributed by atoms with van der Waals surface area (Å²) in [7, 11) is 0. The number of benzene rings is 2. The van der Waals surface area contributed by atoms with Crippen molar-refractivity contribution in [2.24, 2.45) is 0 Å². The molecule has 0 fully saturated rings. The Morgan fingerprint density at radius 3 is 2.54 bits per heavy atom. The van der Waals surface area contributed by atoms with E-state index in [0.717, 1.165) is 24.8 Å². The first kappa shape index (κ1) is 22.7. The van der Waals surface area contributed by atoms with Gasteiger partial charge in [-0.15, -0.1) is 0 Å². The fourth-order valence-electron chi connectivity index (χ4n) is 4.40. The lowest BCUT2D eigenvalue weighted by molar-refractivity contribution is -0.123. The van der Waals surface area contributed by atoms with E-state index in [0.29, 0.717) is 11.1 Å². The Morgan fingerprint density at radius 1 is 1.14 bits per heavy atom. The van der Waals surface area contributed by atoms with Crippen molar-refractivity contribution in [2.45, 2.75) is 31.4 Å². The van der Waals surface area contributed by atoms with Gasteiger partial charge in [-0.25, -0.2) is 4.98 Å². The van der Waals surface area contributed by atoms with Gasteiger partial charge in [-0.3, -0.25) is 14.4 Å². The normalized spacial score (nSPS) is 18.8. The van der Waals surface area contributed by atoms with Gasteiger partial charge in [0.2, 0.25) is 0 Å². The summed E-state index contributed by atoms with van der Waals surface area (Å²) in [5.74, 6) is -3.96. The number of aliphatic hydroxyl groups excluding tert-OH is 1. The molecule has 178 valence electrons. The van der Waals surface area contributed by atoms with Crippen LogP contribution in [0.4, 0.5) is 0 Å². The van der Waals surface area contributed by atoms with Crippen molar-refractivity contribution < 1.29 is 38.9 Å². The van der Waals surface area contributed by atoms with E-state index in [-0.39, 0.29) is 39.2 Å². The molecular weight excluding hydrogens is 474 g/mol. The van der Waals surface area contributed by atoms with Gasteiger partial charge in [0, 0.05) is 11.6 Å². The molecule has 1 aliphatic heterocycles. The highest BCUT2D eigenvalue weighted by atomic mass is 32.2. The van der Waals surface area contributed by atoms with Crippen LogP contribution in [-0.4, -0.2) is 43.4 Å². The molecule has 5 rings (SSSR count). The molecule has 0 unspecified atom stereocenters. The smallest absolute Gasteiger partial charge is 0.257 e. The Morgan fingerprint density at radius 2 is 1.86 bits per heavy atom. The topological polar surface area (TPSA) is 147 Å². The number of ether oxygens (including phenoxy) is 1. The number of oxazole rings is 1.